The van der Waals surface area contributed by atoms with Crippen molar-refractivity contribution in [3.05, 3.63) is 49.1 Å². The molecule has 0 aliphatic carbocycles. The average molecular weight is 150 g/mol. The van der Waals surface area contributed by atoms with E-state index in [1.807, 2.05) is 57.2 Å². The molecule has 0 aromatic heterocycles. The van der Waals surface area contributed by atoms with Crippen LogP contribution in [0.2, 0.25) is 0 Å². The van der Waals surface area contributed by atoms with Crippen LogP contribution in [-0.4, -0.2) is 0 Å². The number of hydrogen-bond donors (Lipinski definition) is 0. The normalized spacial score (nSPS) is 10.5. The van der Waals surface area contributed by atoms with Crippen molar-refractivity contribution in [1.29, 1.82) is 0 Å². The largest absolute Gasteiger partial charge is 0.0991 e. The Bertz CT molecular complexity index is 126. The van der Waals surface area contributed by atoms with Gasteiger partial charge in [0.2, 0.25) is 0 Å². The Balaban J connectivity index is 0. The van der Waals surface area contributed by atoms with Gasteiger partial charge in [0.05, 0.1) is 0 Å². The van der Waals surface area contributed by atoms with E-state index in [2.05, 4.69) is 6.58 Å². The Morgan fingerprint density at radius 2 is 1.09 bits per heavy atom. The highest BCUT2D eigenvalue weighted by atomic mass is 13.6. The first-order valence-corrected chi connectivity index (χ1v) is 3.81. The zero-order valence-corrected chi connectivity index (χ0v) is 7.75. The standard InChI is InChI=1S/C6H10.C5H8/c1-3-5-6-4-2;1-3-5-4-2/h3-6H,1-2H3;3-5H,1H2,2H3. The van der Waals surface area contributed by atoms with E-state index < -0.39 is 0 Å². The highest BCUT2D eigenvalue weighted by Gasteiger charge is 1.48. The lowest BCUT2D eigenvalue weighted by atomic mass is 10.5. The summed E-state index contributed by atoms with van der Waals surface area (Å²) in [7, 11) is 0. The van der Waals surface area contributed by atoms with Crippen LogP contribution in [0.1, 0.15) is 20.8 Å². The average Bonchev–Trinajstić information content (AvgIpc) is 2.04. The molecule has 62 valence electrons. The van der Waals surface area contributed by atoms with Crippen LogP contribution in [0.4, 0.5) is 0 Å². The summed E-state index contributed by atoms with van der Waals surface area (Å²) in [5.74, 6) is 0. The molecule has 0 unspecified atom stereocenters. The van der Waals surface area contributed by atoms with E-state index in [1.165, 1.54) is 0 Å². The third kappa shape index (κ3) is 27.7. The van der Waals surface area contributed by atoms with Gasteiger partial charge in [0.15, 0.2) is 0 Å². The fourth-order valence-electron chi connectivity index (χ4n) is 0.358. The van der Waals surface area contributed by atoms with E-state index in [-0.39, 0.29) is 0 Å². The van der Waals surface area contributed by atoms with Gasteiger partial charge in [-0.1, -0.05) is 49.1 Å². The van der Waals surface area contributed by atoms with Crippen molar-refractivity contribution in [3.63, 3.8) is 0 Å². The minimum Gasteiger partial charge on any atom is -0.0991 e. The Hall–Kier alpha value is -1.04. The van der Waals surface area contributed by atoms with Gasteiger partial charge in [-0.25, -0.2) is 0 Å². The summed E-state index contributed by atoms with van der Waals surface area (Å²) in [5, 5.41) is 0. The van der Waals surface area contributed by atoms with Crippen LogP contribution in [0.3, 0.4) is 0 Å². The molecule has 0 aliphatic heterocycles. The first-order chi connectivity index (χ1) is 5.33. The highest BCUT2D eigenvalue weighted by Crippen LogP contribution is 1.71. The molecule has 0 saturated carbocycles. The van der Waals surface area contributed by atoms with Gasteiger partial charge in [-0.05, 0) is 20.8 Å². The fraction of sp³-hybridized carbons (Fsp3) is 0.273. The molecule has 0 heteroatoms. The Morgan fingerprint density at radius 3 is 1.18 bits per heavy atom. The molecular formula is C11H18. The van der Waals surface area contributed by atoms with E-state index >= 15 is 0 Å². The second kappa shape index (κ2) is 16.0. The molecule has 0 heterocycles. The van der Waals surface area contributed by atoms with Gasteiger partial charge in [0.1, 0.15) is 0 Å². The molecule has 0 aliphatic rings. The number of allylic oxidation sites excluding steroid dienone is 7. The number of rotatable bonds is 2. The minimum atomic E-state index is 1.75. The predicted octanol–water partition coefficient (Wildman–Crippen LogP) is 3.89. The fourth-order valence-corrected chi connectivity index (χ4v) is 0.358. The number of hydrogen-bond acceptors (Lipinski definition) is 0. The van der Waals surface area contributed by atoms with Crippen molar-refractivity contribution < 1.29 is 0 Å². The third-order valence-electron chi connectivity index (χ3n) is 0.825. The minimum absolute atomic E-state index is 1.75. The summed E-state index contributed by atoms with van der Waals surface area (Å²) in [5.41, 5.74) is 0. The molecule has 0 nitrogen and oxygen atoms in total. The van der Waals surface area contributed by atoms with Crippen LogP contribution in [0.25, 0.3) is 0 Å². The molecule has 0 fully saturated rings. The van der Waals surface area contributed by atoms with E-state index in [4.69, 9.17) is 0 Å². The molecule has 0 aromatic rings. The predicted molar refractivity (Wildman–Crippen MR) is 54.6 cm³/mol. The van der Waals surface area contributed by atoms with Crippen molar-refractivity contribution in [2.45, 2.75) is 20.8 Å². The van der Waals surface area contributed by atoms with Crippen molar-refractivity contribution in [2.24, 2.45) is 0 Å². The van der Waals surface area contributed by atoms with Crippen molar-refractivity contribution in [3.8, 4) is 0 Å². The second-order valence-electron chi connectivity index (χ2n) is 1.81. The van der Waals surface area contributed by atoms with E-state index in [0.29, 0.717) is 0 Å². The SMILES string of the molecule is C=CC=CC.CC=CC=CC. The molecule has 0 bridgehead atoms. The van der Waals surface area contributed by atoms with Gasteiger partial charge in [-0.2, -0.15) is 0 Å². The summed E-state index contributed by atoms with van der Waals surface area (Å²) in [6.45, 7) is 9.42. The Labute approximate surface area is 70.6 Å². The molecular weight excluding hydrogens is 132 g/mol. The molecule has 0 radical (unpaired) electrons. The first-order valence-electron chi connectivity index (χ1n) is 3.81. The highest BCUT2D eigenvalue weighted by molar-refractivity contribution is 4.98. The maximum atomic E-state index is 3.46. The van der Waals surface area contributed by atoms with Crippen LogP contribution in [0, 0.1) is 0 Å². The lowest BCUT2D eigenvalue weighted by Crippen LogP contribution is -1.40. The summed E-state index contributed by atoms with van der Waals surface area (Å²) >= 11 is 0. The summed E-state index contributed by atoms with van der Waals surface area (Å²) < 4.78 is 0. The van der Waals surface area contributed by atoms with E-state index in [9.17, 15) is 0 Å². The van der Waals surface area contributed by atoms with Crippen LogP contribution in [-0.2, 0) is 0 Å². The van der Waals surface area contributed by atoms with Gasteiger partial charge in [0, 0.05) is 0 Å². The van der Waals surface area contributed by atoms with Crippen LogP contribution < -0.4 is 0 Å². The smallest absolute Gasteiger partial charge is 0.0467 e. The van der Waals surface area contributed by atoms with Gasteiger partial charge < -0.3 is 0 Å². The van der Waals surface area contributed by atoms with Crippen LogP contribution in [0.15, 0.2) is 49.1 Å². The monoisotopic (exact) mass is 150 g/mol. The third-order valence-corrected chi connectivity index (χ3v) is 0.825. The zero-order valence-electron chi connectivity index (χ0n) is 7.75. The van der Waals surface area contributed by atoms with E-state index in [1.54, 1.807) is 6.08 Å². The van der Waals surface area contributed by atoms with E-state index in [0.717, 1.165) is 0 Å². The van der Waals surface area contributed by atoms with Crippen molar-refractivity contribution >= 4 is 0 Å². The van der Waals surface area contributed by atoms with Gasteiger partial charge >= 0.3 is 0 Å². The summed E-state index contributed by atoms with van der Waals surface area (Å²) in [4.78, 5) is 0. The molecule has 0 saturated heterocycles. The maximum absolute atomic E-state index is 3.46. The van der Waals surface area contributed by atoms with Crippen LogP contribution in [0.5, 0.6) is 0 Å². The molecule has 0 rings (SSSR count). The molecule has 0 aromatic carbocycles. The van der Waals surface area contributed by atoms with Gasteiger partial charge in [-0.15, -0.1) is 0 Å². The van der Waals surface area contributed by atoms with Gasteiger partial charge in [-0.3, -0.25) is 0 Å². The molecule has 0 amide bonds. The zero-order chi connectivity index (χ0) is 8.95. The summed E-state index contributed by atoms with van der Waals surface area (Å²) in [6.07, 6.45) is 13.6. The first kappa shape index (κ1) is 12.6. The molecule has 11 heavy (non-hydrogen) atoms. The quantitative estimate of drug-likeness (QED) is 0.524. The Kier molecular flexibility index (Phi) is 18.3. The van der Waals surface area contributed by atoms with Crippen LogP contribution >= 0.6 is 0 Å². The van der Waals surface area contributed by atoms with Crippen molar-refractivity contribution in [2.75, 3.05) is 0 Å². The lowest BCUT2D eigenvalue weighted by Gasteiger charge is -1.62. The molecule has 0 N–H and O–H groups in total. The topological polar surface area (TPSA) is 0 Å². The molecule has 0 spiro atoms. The lowest BCUT2D eigenvalue weighted by molar-refractivity contribution is 1.69. The molecule has 0 atom stereocenters. The summed E-state index contributed by atoms with van der Waals surface area (Å²) in [6, 6.07) is 0. The van der Waals surface area contributed by atoms with Gasteiger partial charge in [0.25, 0.3) is 0 Å². The Morgan fingerprint density at radius 1 is 0.727 bits per heavy atom. The second-order valence-corrected chi connectivity index (χ2v) is 1.81. The van der Waals surface area contributed by atoms with Crippen molar-refractivity contribution in [1.82, 2.24) is 0 Å². The maximum Gasteiger partial charge on any atom is -0.0467 e.